The Balaban J connectivity index is 1.62. The van der Waals surface area contributed by atoms with Crippen molar-refractivity contribution in [2.45, 2.75) is 26.3 Å². The van der Waals surface area contributed by atoms with E-state index in [0.717, 1.165) is 17.9 Å². The number of carbonyl (C=O) groups excluding carboxylic acids is 2. The van der Waals surface area contributed by atoms with Crippen LogP contribution >= 0.6 is 0 Å². The molecule has 0 spiro atoms. The Kier molecular flexibility index (Phi) is 4.64. The fourth-order valence-corrected chi connectivity index (χ4v) is 3.07. The zero-order valence-electron chi connectivity index (χ0n) is 13.8. The lowest BCUT2D eigenvalue weighted by Gasteiger charge is -2.30. The number of rotatable bonds is 4. The summed E-state index contributed by atoms with van der Waals surface area (Å²) in [6.45, 7) is 3.88. The molecule has 0 radical (unpaired) electrons. The molecule has 2 N–H and O–H groups in total. The van der Waals surface area contributed by atoms with Crippen molar-refractivity contribution in [1.82, 2.24) is 14.5 Å². The van der Waals surface area contributed by atoms with E-state index in [0.29, 0.717) is 31.5 Å². The van der Waals surface area contributed by atoms with Crippen LogP contribution in [0.15, 0.2) is 36.7 Å². The van der Waals surface area contributed by atoms with E-state index < -0.39 is 0 Å². The maximum atomic E-state index is 12.6. The van der Waals surface area contributed by atoms with Crippen molar-refractivity contribution in [2.75, 3.05) is 13.1 Å². The van der Waals surface area contributed by atoms with Gasteiger partial charge in [-0.15, -0.1) is 0 Å². The quantitative estimate of drug-likeness (QED) is 0.926. The molecule has 0 saturated carbocycles. The summed E-state index contributed by atoms with van der Waals surface area (Å²) in [5.41, 5.74) is 7.14. The van der Waals surface area contributed by atoms with E-state index in [9.17, 15) is 9.59 Å². The molecular formula is C18H22N4O2. The number of imidazole rings is 1. The van der Waals surface area contributed by atoms with Crippen molar-refractivity contribution in [3.8, 4) is 0 Å². The van der Waals surface area contributed by atoms with Crippen molar-refractivity contribution in [1.29, 1.82) is 0 Å². The van der Waals surface area contributed by atoms with E-state index in [4.69, 9.17) is 5.73 Å². The molecule has 0 bridgehead atoms. The van der Waals surface area contributed by atoms with E-state index in [-0.39, 0.29) is 17.7 Å². The number of aromatic nitrogens is 2. The monoisotopic (exact) mass is 326 g/mol. The highest BCUT2D eigenvalue weighted by atomic mass is 16.2. The number of primary amides is 1. The predicted molar refractivity (Wildman–Crippen MR) is 90.3 cm³/mol. The number of nitrogens with zero attached hydrogens (tertiary/aromatic N) is 3. The summed E-state index contributed by atoms with van der Waals surface area (Å²) in [7, 11) is 0. The number of hydrogen-bond acceptors (Lipinski definition) is 3. The minimum atomic E-state index is -0.263. The smallest absolute Gasteiger partial charge is 0.253 e. The summed E-state index contributed by atoms with van der Waals surface area (Å²) < 4.78 is 2.06. The second-order valence-corrected chi connectivity index (χ2v) is 6.27. The Morgan fingerprint density at radius 3 is 2.42 bits per heavy atom. The Bertz CT molecular complexity index is 728. The van der Waals surface area contributed by atoms with Crippen LogP contribution in [-0.2, 0) is 11.3 Å². The lowest BCUT2D eigenvalue weighted by Crippen LogP contribution is -2.41. The summed E-state index contributed by atoms with van der Waals surface area (Å²) in [6, 6.07) is 7.68. The van der Waals surface area contributed by atoms with Crippen molar-refractivity contribution < 1.29 is 9.59 Å². The van der Waals surface area contributed by atoms with Crippen LogP contribution in [0.2, 0.25) is 0 Å². The normalized spacial score (nSPS) is 15.5. The van der Waals surface area contributed by atoms with Crippen LogP contribution in [0.1, 0.15) is 34.6 Å². The van der Waals surface area contributed by atoms with E-state index in [1.807, 2.05) is 37.4 Å². The maximum Gasteiger partial charge on any atom is 0.253 e. The molecule has 126 valence electrons. The molecule has 2 aromatic rings. The Hall–Kier alpha value is -2.63. The molecule has 0 unspecified atom stereocenters. The number of piperidine rings is 1. The molecule has 24 heavy (non-hydrogen) atoms. The molecule has 6 heteroatoms. The zero-order valence-corrected chi connectivity index (χ0v) is 13.8. The molecule has 1 saturated heterocycles. The number of nitrogens with two attached hydrogens (primary N) is 1. The summed E-state index contributed by atoms with van der Waals surface area (Å²) in [6.07, 6.45) is 5.03. The molecular weight excluding hydrogens is 304 g/mol. The van der Waals surface area contributed by atoms with Gasteiger partial charge in [0.15, 0.2) is 0 Å². The highest BCUT2D eigenvalue weighted by Crippen LogP contribution is 2.19. The number of benzene rings is 1. The lowest BCUT2D eigenvalue weighted by atomic mass is 9.96. The van der Waals surface area contributed by atoms with Crippen molar-refractivity contribution in [3.63, 3.8) is 0 Å². The Morgan fingerprint density at radius 1 is 1.21 bits per heavy atom. The molecule has 0 atom stereocenters. The third-order valence-corrected chi connectivity index (χ3v) is 4.66. The minimum Gasteiger partial charge on any atom is -0.369 e. The van der Waals surface area contributed by atoms with Gasteiger partial charge in [-0.1, -0.05) is 12.1 Å². The molecule has 0 aliphatic carbocycles. The van der Waals surface area contributed by atoms with E-state index in [1.165, 1.54) is 0 Å². The van der Waals surface area contributed by atoms with E-state index >= 15 is 0 Å². The van der Waals surface area contributed by atoms with Gasteiger partial charge in [0.1, 0.15) is 5.82 Å². The van der Waals surface area contributed by atoms with Gasteiger partial charge in [0.25, 0.3) is 5.91 Å². The average molecular weight is 326 g/mol. The molecule has 1 aromatic carbocycles. The van der Waals surface area contributed by atoms with Gasteiger partial charge in [0.2, 0.25) is 5.91 Å². The number of hydrogen-bond donors (Lipinski definition) is 1. The molecule has 1 aliphatic rings. The molecule has 2 heterocycles. The first-order valence-electron chi connectivity index (χ1n) is 8.20. The summed E-state index contributed by atoms with van der Waals surface area (Å²) in [5.74, 6) is 0.617. The van der Waals surface area contributed by atoms with Gasteiger partial charge in [-0.3, -0.25) is 9.59 Å². The van der Waals surface area contributed by atoms with Crippen LogP contribution < -0.4 is 5.73 Å². The highest BCUT2D eigenvalue weighted by molar-refractivity contribution is 5.94. The first-order valence-corrected chi connectivity index (χ1v) is 8.20. The van der Waals surface area contributed by atoms with Crippen LogP contribution in [0, 0.1) is 12.8 Å². The fourth-order valence-electron chi connectivity index (χ4n) is 3.07. The molecule has 2 amide bonds. The van der Waals surface area contributed by atoms with Crippen molar-refractivity contribution in [2.24, 2.45) is 11.7 Å². The van der Waals surface area contributed by atoms with Gasteiger partial charge in [0.05, 0.1) is 0 Å². The molecule has 1 fully saturated rings. The third kappa shape index (κ3) is 3.48. The van der Waals surface area contributed by atoms with Gasteiger partial charge in [-0.2, -0.15) is 0 Å². The van der Waals surface area contributed by atoms with Crippen LogP contribution in [0.25, 0.3) is 0 Å². The summed E-state index contributed by atoms with van der Waals surface area (Å²) >= 11 is 0. The van der Waals surface area contributed by atoms with Crippen LogP contribution in [0.4, 0.5) is 0 Å². The molecule has 3 rings (SSSR count). The second kappa shape index (κ2) is 6.86. The molecule has 1 aliphatic heterocycles. The summed E-state index contributed by atoms with van der Waals surface area (Å²) in [5, 5.41) is 0. The van der Waals surface area contributed by atoms with E-state index in [1.54, 1.807) is 11.1 Å². The fraction of sp³-hybridized carbons (Fsp3) is 0.389. The maximum absolute atomic E-state index is 12.6. The second-order valence-electron chi connectivity index (χ2n) is 6.27. The lowest BCUT2D eigenvalue weighted by molar-refractivity contribution is -0.123. The zero-order chi connectivity index (χ0) is 17.1. The standard InChI is InChI=1S/C18H22N4O2/c1-13-20-8-11-22(13)12-14-2-4-16(5-3-14)18(24)21-9-6-15(7-10-21)17(19)23/h2-5,8,11,15H,6-7,9-10,12H2,1H3,(H2,19,23). The van der Waals surface area contributed by atoms with E-state index in [2.05, 4.69) is 9.55 Å². The number of aryl methyl sites for hydroxylation is 1. The van der Waals surface area contributed by atoms with Crippen molar-refractivity contribution in [3.05, 3.63) is 53.6 Å². The Morgan fingerprint density at radius 2 is 1.88 bits per heavy atom. The first kappa shape index (κ1) is 16.2. The average Bonchev–Trinajstić information content (AvgIpc) is 3.00. The predicted octanol–water partition coefficient (Wildman–Crippen LogP) is 1.58. The first-order chi connectivity index (χ1) is 11.5. The third-order valence-electron chi connectivity index (χ3n) is 4.66. The SMILES string of the molecule is Cc1nccn1Cc1ccc(C(=O)N2CCC(C(N)=O)CC2)cc1. The van der Waals surface area contributed by atoms with Crippen LogP contribution in [-0.4, -0.2) is 39.4 Å². The minimum absolute atomic E-state index is 0.0169. The topological polar surface area (TPSA) is 81.2 Å². The van der Waals surface area contributed by atoms with Gasteiger partial charge in [-0.05, 0) is 37.5 Å². The molecule has 1 aromatic heterocycles. The highest BCUT2D eigenvalue weighted by Gasteiger charge is 2.26. The number of carbonyl (C=O) groups is 2. The van der Waals surface area contributed by atoms with Crippen LogP contribution in [0.5, 0.6) is 0 Å². The van der Waals surface area contributed by atoms with Gasteiger partial charge in [0, 0.05) is 43.5 Å². The van der Waals surface area contributed by atoms with Gasteiger partial charge < -0.3 is 15.2 Å². The summed E-state index contributed by atoms with van der Waals surface area (Å²) in [4.78, 5) is 29.8. The number of likely N-dealkylation sites (tertiary alicyclic amines) is 1. The largest absolute Gasteiger partial charge is 0.369 e. The van der Waals surface area contributed by atoms with Crippen LogP contribution in [0.3, 0.4) is 0 Å². The van der Waals surface area contributed by atoms with Gasteiger partial charge in [-0.25, -0.2) is 4.98 Å². The Labute approximate surface area is 141 Å². The van der Waals surface area contributed by atoms with Crippen molar-refractivity contribution >= 4 is 11.8 Å². The number of amides is 2. The molecule has 6 nitrogen and oxygen atoms in total. The van der Waals surface area contributed by atoms with Gasteiger partial charge >= 0.3 is 0 Å².